The zero-order valence-corrected chi connectivity index (χ0v) is 57.6. The van der Waals surface area contributed by atoms with Gasteiger partial charge in [-0.1, -0.05) is 91.3 Å². The number of carbonyl (C=O) groups is 5. The number of anilines is 2. The second-order valence-electron chi connectivity index (χ2n) is 25.4. The lowest BCUT2D eigenvalue weighted by Crippen LogP contribution is -2.50. The van der Waals surface area contributed by atoms with Crippen LogP contribution in [0.15, 0.2) is 146 Å². The fraction of sp³-hybridized carbons (Fsp3) is 0.438. The van der Waals surface area contributed by atoms with Gasteiger partial charge in [0.1, 0.15) is 36.6 Å². The number of likely N-dealkylation sites (N-methyl/N-ethyl adjacent to an activating group) is 1. The summed E-state index contributed by atoms with van der Waals surface area (Å²) in [6.07, 6.45) is -3.88. The summed E-state index contributed by atoms with van der Waals surface area (Å²) in [4.78, 5) is 73.0. The van der Waals surface area contributed by atoms with Gasteiger partial charge in [0.25, 0.3) is 11.8 Å². The highest BCUT2D eigenvalue weighted by atomic mass is 35.5. The topological polar surface area (TPSA) is 174 Å². The number of likely N-dealkylation sites (tertiary alicyclic amines) is 2. The zero-order valence-electron chi connectivity index (χ0n) is 55.1. The van der Waals surface area contributed by atoms with Gasteiger partial charge in [-0.25, -0.2) is 9.18 Å². The number of hydrogen-bond acceptors (Lipinski definition) is 12. The summed E-state index contributed by atoms with van der Waals surface area (Å²) in [6.45, 7) is 5.77. The van der Waals surface area contributed by atoms with Gasteiger partial charge in [0.2, 0.25) is 5.91 Å². The molecule has 3 heterocycles. The number of benzene rings is 6. The highest BCUT2D eigenvalue weighted by Gasteiger charge is 2.50. The van der Waals surface area contributed by atoms with E-state index in [2.05, 4.69) is 43.2 Å². The van der Waals surface area contributed by atoms with Crippen molar-refractivity contribution in [3.63, 3.8) is 0 Å². The molecule has 3 fully saturated rings. The van der Waals surface area contributed by atoms with E-state index < -0.39 is 64.6 Å². The number of halogens is 10. The fourth-order valence-corrected chi connectivity index (χ4v) is 13.5. The second-order valence-corrected chi connectivity index (χ2v) is 25.4. The molecule has 0 radical (unpaired) electrons. The Bertz CT molecular complexity index is 3590. The molecule has 536 valence electrons. The number of unbranched alkanes of at least 4 members (excludes halogenated alkanes) is 2. The average Bonchev–Trinajstić information content (AvgIpc) is 1.61. The van der Waals surface area contributed by atoms with E-state index in [-0.39, 0.29) is 92.7 Å². The number of nitrogens with zero attached hydrogens (tertiary/aromatic N) is 4. The number of hydrogen-bond donors (Lipinski definition) is 4. The lowest BCUT2D eigenvalue weighted by atomic mass is 9.72. The number of nitrogens with one attached hydrogen (secondary N) is 4. The Balaban J connectivity index is 0.00000459. The van der Waals surface area contributed by atoms with Gasteiger partial charge < -0.3 is 49.8 Å². The van der Waals surface area contributed by atoms with Crippen LogP contribution in [0.4, 0.5) is 46.9 Å². The maximum atomic E-state index is 14.2. The molecule has 26 heteroatoms. The number of ether oxygens (including phenoxy) is 3. The molecule has 99 heavy (non-hydrogen) atoms. The number of rotatable bonds is 28. The van der Waals surface area contributed by atoms with Crippen LogP contribution in [0.3, 0.4) is 0 Å². The molecule has 0 bridgehead atoms. The van der Waals surface area contributed by atoms with Crippen molar-refractivity contribution < 1.29 is 68.9 Å². The molecule has 6 aromatic rings. The Kier molecular flexibility index (Phi) is 29.0. The van der Waals surface area contributed by atoms with E-state index in [1.54, 1.807) is 24.1 Å². The van der Waals surface area contributed by atoms with Gasteiger partial charge in [0, 0.05) is 93.6 Å². The maximum absolute atomic E-state index is 14.2. The number of ketones is 1. The minimum atomic E-state index is -5.15. The largest absolute Gasteiger partial charge is 0.446 e. The molecule has 1 aliphatic carbocycles. The third kappa shape index (κ3) is 21.1. The van der Waals surface area contributed by atoms with E-state index in [9.17, 15) is 54.7 Å². The van der Waals surface area contributed by atoms with Gasteiger partial charge in [-0.3, -0.25) is 24.5 Å². The highest BCUT2D eigenvalue weighted by molar-refractivity contribution is 5.95. The van der Waals surface area contributed by atoms with Gasteiger partial charge in [0.15, 0.2) is 0 Å². The molecular weight excluding hydrogens is 1360 g/mol. The molecule has 0 saturated carbocycles. The first-order valence-corrected chi connectivity index (χ1v) is 33.0. The first-order chi connectivity index (χ1) is 46.1. The van der Waals surface area contributed by atoms with Crippen LogP contribution in [0.1, 0.15) is 113 Å². The van der Waals surface area contributed by atoms with Crippen molar-refractivity contribution in [2.75, 3.05) is 110 Å². The molecule has 4 aliphatic rings. The van der Waals surface area contributed by atoms with Gasteiger partial charge >= 0.3 is 18.4 Å². The summed E-state index contributed by atoms with van der Waals surface area (Å²) in [5.74, 6) is -1.85. The van der Waals surface area contributed by atoms with Crippen LogP contribution in [-0.2, 0) is 53.6 Å². The SMILES string of the molecule is CN(CCCNC(=O)c1ccc(NCCCCCC(=O)CNCCN2CCC(OC(=O)Nc3ccccc3-c3ccccc3)CC2)cc1)C(=O)CO[C@H]1Cc2ccccc2C12CCN(CC[C@@]1(c3ccc(F)cc3)CN(C(=O)c3cc(C(F)(F)F)cc(C(F)(F)F)c3)CO1)CC2.Cl.Cl.Cl. The average molecular weight is 1440 g/mol. The highest BCUT2D eigenvalue weighted by Crippen LogP contribution is 2.48. The molecule has 3 aliphatic heterocycles. The summed E-state index contributed by atoms with van der Waals surface area (Å²) in [5, 5.41) is 12.6. The second kappa shape index (κ2) is 36.3. The van der Waals surface area contributed by atoms with Crippen LogP contribution in [-0.4, -0.2) is 160 Å². The molecule has 4 N–H and O–H groups in total. The normalized spacial score (nSPS) is 17.7. The molecule has 2 atom stereocenters. The predicted octanol–water partition coefficient (Wildman–Crippen LogP) is 13.6. The summed E-state index contributed by atoms with van der Waals surface area (Å²) in [7, 11) is 1.70. The standard InChI is InChI=1S/C73H83F7N8O8.3ClH/c1-85(36-12-34-83-67(91)52-20-26-59(27-21-52)82-33-11-3-6-16-60(89)47-81-35-42-86-37-28-61(29-38-86)96-69(93)84-64-19-10-8-17-62(64)51-13-4-2-5-14-51)66(90)48-94-65-45-53-15-7-9-18-63(53)70(65)30-39-87(40-31-70)41-32-71(55-22-24-58(74)25-23-55)49-88(50-95-71)68(92)54-43-56(72(75,76)77)46-57(44-54)73(78,79)80;;;/h2,4-5,7-10,13-15,17-27,43-44,46,61,65,81-82H,3,6,11-12,16,28-42,45,47-50H2,1H3,(H,83,91)(H,84,93);3*1H/t65-,71-;;;/m0.../s1. The van der Waals surface area contributed by atoms with Crippen molar-refractivity contribution in [2.24, 2.45) is 0 Å². The van der Waals surface area contributed by atoms with Crippen molar-refractivity contribution in [3.8, 4) is 11.1 Å². The summed E-state index contributed by atoms with van der Waals surface area (Å²) in [5.41, 5.74) is 1.16. The molecule has 1 spiro atoms. The minimum Gasteiger partial charge on any atom is -0.446 e. The number of alkyl halides is 6. The molecule has 4 amide bonds. The van der Waals surface area contributed by atoms with E-state index in [1.165, 1.54) is 24.3 Å². The molecule has 10 rings (SSSR count). The monoisotopic (exact) mass is 1440 g/mol. The van der Waals surface area contributed by atoms with Crippen LogP contribution in [0.5, 0.6) is 0 Å². The Morgan fingerprint density at radius 1 is 0.687 bits per heavy atom. The smallest absolute Gasteiger partial charge is 0.416 e. The van der Waals surface area contributed by atoms with E-state index in [4.69, 9.17) is 14.2 Å². The summed E-state index contributed by atoms with van der Waals surface area (Å²) >= 11 is 0. The van der Waals surface area contributed by atoms with Crippen LogP contribution < -0.4 is 21.3 Å². The molecule has 3 saturated heterocycles. The number of carbonyl (C=O) groups excluding carboxylic acids is 5. The minimum absolute atomic E-state index is 0. The first-order valence-electron chi connectivity index (χ1n) is 33.0. The third-order valence-electron chi connectivity index (χ3n) is 19.0. The number of amides is 4. The van der Waals surface area contributed by atoms with Gasteiger partial charge in [-0.15, -0.1) is 37.2 Å². The lowest BCUT2D eigenvalue weighted by Gasteiger charge is -2.44. The van der Waals surface area contributed by atoms with Crippen molar-refractivity contribution >= 4 is 78.2 Å². The van der Waals surface area contributed by atoms with Crippen LogP contribution in [0, 0.1) is 5.82 Å². The molecular formula is C73H86Cl3F7N8O8. The van der Waals surface area contributed by atoms with Crippen molar-refractivity contribution in [2.45, 2.75) is 106 Å². The number of piperidine rings is 2. The van der Waals surface area contributed by atoms with Crippen molar-refractivity contribution in [1.29, 1.82) is 0 Å². The van der Waals surface area contributed by atoms with Gasteiger partial charge in [-0.2, -0.15) is 26.3 Å². The number of para-hydroxylation sites is 1. The lowest BCUT2D eigenvalue weighted by molar-refractivity contribution is -0.143. The Morgan fingerprint density at radius 3 is 2.04 bits per heavy atom. The molecule has 6 aromatic carbocycles. The number of fused-ring (bicyclic) bond motifs is 2. The van der Waals surface area contributed by atoms with E-state index in [1.807, 2.05) is 78.9 Å². The van der Waals surface area contributed by atoms with E-state index >= 15 is 0 Å². The number of Topliss-reactive ketones (excluding diaryl/α,β-unsaturated/α-hetero) is 1. The third-order valence-corrected chi connectivity index (χ3v) is 19.0. The Morgan fingerprint density at radius 2 is 1.34 bits per heavy atom. The quantitative estimate of drug-likeness (QED) is 0.0271. The molecule has 0 aromatic heterocycles. The Hall–Kier alpha value is -7.35. The maximum Gasteiger partial charge on any atom is 0.416 e. The Labute approximate surface area is 591 Å². The van der Waals surface area contributed by atoms with Crippen LogP contribution in [0.2, 0.25) is 0 Å². The van der Waals surface area contributed by atoms with Crippen LogP contribution in [0.25, 0.3) is 11.1 Å². The summed E-state index contributed by atoms with van der Waals surface area (Å²) < 4.78 is 115. The predicted molar refractivity (Wildman–Crippen MR) is 372 cm³/mol. The zero-order chi connectivity index (χ0) is 67.9. The van der Waals surface area contributed by atoms with E-state index in [0.29, 0.717) is 107 Å². The van der Waals surface area contributed by atoms with E-state index in [0.717, 1.165) is 91.1 Å². The molecule has 0 unspecified atom stereocenters. The molecule has 16 nitrogen and oxygen atoms in total. The van der Waals surface area contributed by atoms with Gasteiger partial charge in [-0.05, 0) is 154 Å². The van der Waals surface area contributed by atoms with Gasteiger partial charge in [0.05, 0.1) is 36.0 Å². The van der Waals surface area contributed by atoms with Crippen molar-refractivity contribution in [1.82, 2.24) is 30.2 Å². The summed E-state index contributed by atoms with van der Waals surface area (Å²) in [6, 6.07) is 39.2. The van der Waals surface area contributed by atoms with Crippen LogP contribution >= 0.6 is 37.2 Å². The first kappa shape index (κ1) is 79.0. The fourth-order valence-electron chi connectivity index (χ4n) is 13.5. The van der Waals surface area contributed by atoms with Crippen molar-refractivity contribution in [3.05, 3.63) is 190 Å².